The minimum absolute atomic E-state index is 0.00506. The maximum absolute atomic E-state index is 10.4. The third kappa shape index (κ3) is 3.51. The van der Waals surface area contributed by atoms with Crippen LogP contribution in [0.4, 0.5) is 17.5 Å². The summed E-state index contributed by atoms with van der Waals surface area (Å²) in [7, 11) is 0. The van der Waals surface area contributed by atoms with E-state index < -0.39 is 0 Å². The molecular formula is C16H12Cl2N4O2. The number of aromatic nitrogens is 2. The summed E-state index contributed by atoms with van der Waals surface area (Å²) < 4.78 is 5.72. The predicted octanol–water partition coefficient (Wildman–Crippen LogP) is 4.69. The van der Waals surface area contributed by atoms with Gasteiger partial charge in [0.2, 0.25) is 11.8 Å². The number of nitrogen functional groups attached to an aromatic ring is 1. The van der Waals surface area contributed by atoms with Gasteiger partial charge in [0.15, 0.2) is 5.75 Å². The van der Waals surface area contributed by atoms with Crippen molar-refractivity contribution in [3.8, 4) is 11.5 Å². The molecular weight excluding hydrogens is 351 g/mol. The van der Waals surface area contributed by atoms with Gasteiger partial charge in [-0.25, -0.2) is 10.0 Å². The van der Waals surface area contributed by atoms with Gasteiger partial charge in [0.1, 0.15) is 5.75 Å². The van der Waals surface area contributed by atoms with E-state index in [1.54, 1.807) is 42.5 Å². The number of anilines is 3. The van der Waals surface area contributed by atoms with Gasteiger partial charge >= 0.3 is 0 Å². The summed E-state index contributed by atoms with van der Waals surface area (Å²) in [6, 6.07) is 13.6. The second-order valence-electron chi connectivity index (χ2n) is 4.74. The Labute approximate surface area is 148 Å². The Morgan fingerprint density at radius 3 is 2.50 bits per heavy atom. The van der Waals surface area contributed by atoms with Crippen molar-refractivity contribution in [1.29, 1.82) is 0 Å². The van der Waals surface area contributed by atoms with Gasteiger partial charge < -0.3 is 10.5 Å². The lowest BCUT2D eigenvalue weighted by molar-refractivity contribution is 0.293. The summed E-state index contributed by atoms with van der Waals surface area (Å²) in [4.78, 5) is 7.94. The van der Waals surface area contributed by atoms with E-state index in [9.17, 15) is 5.21 Å². The number of rotatable bonds is 4. The van der Waals surface area contributed by atoms with Crippen molar-refractivity contribution in [2.75, 3.05) is 10.8 Å². The number of ether oxygens (including phenoxy) is 1. The molecule has 0 aliphatic carbocycles. The highest BCUT2D eigenvalue weighted by molar-refractivity contribution is 6.35. The molecule has 0 aliphatic rings. The smallest absolute Gasteiger partial charge is 0.222 e. The van der Waals surface area contributed by atoms with Gasteiger partial charge in [0, 0.05) is 5.02 Å². The van der Waals surface area contributed by atoms with E-state index >= 15 is 0 Å². The largest absolute Gasteiger partial charge is 0.450 e. The third-order valence-corrected chi connectivity index (χ3v) is 3.60. The molecule has 1 aromatic heterocycles. The quantitative estimate of drug-likeness (QED) is 0.655. The fourth-order valence-electron chi connectivity index (χ4n) is 1.97. The summed E-state index contributed by atoms with van der Waals surface area (Å²) >= 11 is 12.0. The molecule has 0 amide bonds. The van der Waals surface area contributed by atoms with Gasteiger partial charge in [-0.15, -0.1) is 0 Å². The number of nitrogens with two attached hydrogens (primary N) is 1. The predicted molar refractivity (Wildman–Crippen MR) is 93.3 cm³/mol. The molecule has 0 atom stereocenters. The summed E-state index contributed by atoms with van der Waals surface area (Å²) in [6.45, 7) is 0. The molecule has 0 saturated carbocycles. The summed E-state index contributed by atoms with van der Waals surface area (Å²) in [6.07, 6.45) is 1.36. The number of halogens is 2. The summed E-state index contributed by atoms with van der Waals surface area (Å²) in [5.74, 6) is 0.603. The van der Waals surface area contributed by atoms with E-state index in [0.29, 0.717) is 21.5 Å². The zero-order valence-corrected chi connectivity index (χ0v) is 13.7. The molecule has 0 spiro atoms. The first-order valence-electron chi connectivity index (χ1n) is 6.84. The molecule has 3 N–H and O–H groups in total. The topological polar surface area (TPSA) is 84.5 Å². The van der Waals surface area contributed by atoms with E-state index in [0.717, 1.165) is 5.06 Å². The third-order valence-electron chi connectivity index (χ3n) is 3.07. The fraction of sp³-hybridized carbons (Fsp3) is 0. The Balaban J connectivity index is 1.99. The fourth-order valence-corrected chi connectivity index (χ4v) is 2.41. The Bertz CT molecular complexity index is 862. The van der Waals surface area contributed by atoms with Crippen molar-refractivity contribution in [2.45, 2.75) is 0 Å². The highest BCUT2D eigenvalue weighted by atomic mass is 35.5. The van der Waals surface area contributed by atoms with Gasteiger partial charge in [-0.1, -0.05) is 41.4 Å². The number of para-hydroxylation sites is 1. The molecule has 2 aromatic carbocycles. The lowest BCUT2D eigenvalue weighted by Gasteiger charge is -2.19. The number of nitrogens with zero attached hydrogens (tertiary/aromatic N) is 3. The number of hydrogen-bond acceptors (Lipinski definition) is 6. The minimum Gasteiger partial charge on any atom is -0.450 e. The second kappa shape index (κ2) is 6.92. The summed E-state index contributed by atoms with van der Waals surface area (Å²) in [5, 5.41) is 12.1. The van der Waals surface area contributed by atoms with Crippen molar-refractivity contribution in [2.24, 2.45) is 0 Å². The molecule has 8 heteroatoms. The molecule has 122 valence electrons. The zero-order chi connectivity index (χ0) is 17.1. The van der Waals surface area contributed by atoms with Crippen molar-refractivity contribution in [3.63, 3.8) is 0 Å². The van der Waals surface area contributed by atoms with Crippen LogP contribution < -0.4 is 15.5 Å². The molecule has 1 heterocycles. The first-order valence-corrected chi connectivity index (χ1v) is 7.59. The van der Waals surface area contributed by atoms with Gasteiger partial charge in [-0.3, -0.25) is 5.21 Å². The molecule has 0 unspecified atom stereocenters. The maximum Gasteiger partial charge on any atom is 0.222 e. The SMILES string of the molecule is Nc1ncc(Oc2ccc(Cl)cc2Cl)c(N(O)c2ccccc2)n1. The Morgan fingerprint density at radius 2 is 1.79 bits per heavy atom. The first-order chi connectivity index (χ1) is 11.5. The average molecular weight is 363 g/mol. The van der Waals surface area contributed by atoms with E-state index in [1.807, 2.05) is 6.07 Å². The van der Waals surface area contributed by atoms with Crippen molar-refractivity contribution >= 4 is 40.7 Å². The monoisotopic (exact) mass is 362 g/mol. The van der Waals surface area contributed by atoms with Crippen LogP contribution in [-0.4, -0.2) is 15.2 Å². The molecule has 3 aromatic rings. The van der Waals surface area contributed by atoms with Gasteiger partial charge in [0.25, 0.3) is 0 Å². The highest BCUT2D eigenvalue weighted by Crippen LogP contribution is 2.37. The van der Waals surface area contributed by atoms with E-state index in [1.165, 1.54) is 6.20 Å². The van der Waals surface area contributed by atoms with Crippen LogP contribution in [0.5, 0.6) is 11.5 Å². The van der Waals surface area contributed by atoms with Gasteiger partial charge in [-0.2, -0.15) is 4.98 Å². The van der Waals surface area contributed by atoms with E-state index in [4.69, 9.17) is 33.7 Å². The zero-order valence-electron chi connectivity index (χ0n) is 12.2. The van der Waals surface area contributed by atoms with Crippen LogP contribution in [0.1, 0.15) is 0 Å². The van der Waals surface area contributed by atoms with Crippen LogP contribution in [0.25, 0.3) is 0 Å². The van der Waals surface area contributed by atoms with Crippen molar-refractivity contribution in [1.82, 2.24) is 9.97 Å². The van der Waals surface area contributed by atoms with Crippen LogP contribution in [-0.2, 0) is 0 Å². The molecule has 6 nitrogen and oxygen atoms in total. The molecule has 0 fully saturated rings. The molecule has 0 saturated heterocycles. The lowest BCUT2D eigenvalue weighted by Crippen LogP contribution is -2.14. The standard InChI is InChI=1S/C16H12Cl2N4O2/c17-10-6-7-13(12(18)8-10)24-14-9-20-16(19)21-15(14)22(23)11-4-2-1-3-5-11/h1-9,23H,(H2,19,20,21). The lowest BCUT2D eigenvalue weighted by atomic mass is 10.3. The molecule has 24 heavy (non-hydrogen) atoms. The number of benzene rings is 2. The normalized spacial score (nSPS) is 10.5. The molecule has 0 bridgehead atoms. The maximum atomic E-state index is 10.4. The van der Waals surface area contributed by atoms with Crippen LogP contribution in [0.2, 0.25) is 10.0 Å². The van der Waals surface area contributed by atoms with E-state index in [-0.39, 0.29) is 17.5 Å². The van der Waals surface area contributed by atoms with Crippen LogP contribution in [0.3, 0.4) is 0 Å². The van der Waals surface area contributed by atoms with Crippen LogP contribution in [0.15, 0.2) is 54.7 Å². The van der Waals surface area contributed by atoms with Crippen molar-refractivity contribution in [3.05, 3.63) is 64.8 Å². The van der Waals surface area contributed by atoms with Crippen molar-refractivity contribution < 1.29 is 9.94 Å². The minimum atomic E-state index is -0.00506. The highest BCUT2D eigenvalue weighted by Gasteiger charge is 2.17. The first kappa shape index (κ1) is 16.3. The Morgan fingerprint density at radius 1 is 1.04 bits per heavy atom. The average Bonchev–Trinajstić information content (AvgIpc) is 2.59. The summed E-state index contributed by atoms with van der Waals surface area (Å²) in [5.41, 5.74) is 6.12. The number of hydrogen-bond donors (Lipinski definition) is 2. The van der Waals surface area contributed by atoms with Gasteiger partial charge in [0.05, 0.1) is 16.9 Å². The van der Waals surface area contributed by atoms with Crippen LogP contribution in [0, 0.1) is 0 Å². The van der Waals surface area contributed by atoms with Crippen LogP contribution >= 0.6 is 23.2 Å². The molecule has 3 rings (SSSR count). The second-order valence-corrected chi connectivity index (χ2v) is 5.58. The Kier molecular flexibility index (Phi) is 4.71. The molecule has 0 radical (unpaired) electrons. The van der Waals surface area contributed by atoms with E-state index in [2.05, 4.69) is 9.97 Å². The molecule has 0 aliphatic heterocycles. The van der Waals surface area contributed by atoms with Gasteiger partial charge in [-0.05, 0) is 30.3 Å². The Hall–Kier alpha value is -2.54.